The molecule has 1 heterocycles. The quantitative estimate of drug-likeness (QED) is 0.872. The van der Waals surface area contributed by atoms with E-state index in [-0.39, 0.29) is 5.91 Å². The van der Waals surface area contributed by atoms with Crippen LogP contribution in [0.4, 0.5) is 11.4 Å². The molecule has 0 saturated heterocycles. The second-order valence-electron chi connectivity index (χ2n) is 5.43. The molecule has 0 aliphatic carbocycles. The van der Waals surface area contributed by atoms with Gasteiger partial charge in [0.15, 0.2) is 0 Å². The monoisotopic (exact) mass is 312 g/mol. The summed E-state index contributed by atoms with van der Waals surface area (Å²) in [6, 6.07) is 16.3. The number of thioether (sulfide) groups is 1. The van der Waals surface area contributed by atoms with Gasteiger partial charge in [0.25, 0.3) is 0 Å². The Balaban J connectivity index is 1.67. The van der Waals surface area contributed by atoms with Gasteiger partial charge in [0.05, 0.1) is 6.54 Å². The van der Waals surface area contributed by atoms with E-state index in [2.05, 4.69) is 28.4 Å². The lowest BCUT2D eigenvalue weighted by Gasteiger charge is -2.30. The number of carbonyl (C=O) groups is 1. The van der Waals surface area contributed by atoms with Gasteiger partial charge in [-0.2, -0.15) is 0 Å². The highest BCUT2D eigenvalue weighted by Crippen LogP contribution is 2.26. The molecule has 4 heteroatoms. The van der Waals surface area contributed by atoms with E-state index in [4.69, 9.17) is 0 Å². The maximum atomic E-state index is 12.3. The van der Waals surface area contributed by atoms with E-state index in [9.17, 15) is 4.79 Å². The van der Waals surface area contributed by atoms with Crippen LogP contribution in [-0.4, -0.2) is 25.3 Å². The van der Waals surface area contributed by atoms with Gasteiger partial charge >= 0.3 is 0 Å². The number of anilines is 2. The summed E-state index contributed by atoms with van der Waals surface area (Å²) >= 11 is 1.67. The zero-order chi connectivity index (χ0) is 15.4. The third-order valence-corrected chi connectivity index (χ3v) is 4.62. The Hall–Kier alpha value is -1.94. The highest BCUT2D eigenvalue weighted by atomic mass is 32.2. The van der Waals surface area contributed by atoms with Crippen molar-refractivity contribution in [2.45, 2.75) is 17.7 Å². The van der Waals surface area contributed by atoms with Crippen LogP contribution in [0.25, 0.3) is 0 Å². The van der Waals surface area contributed by atoms with E-state index in [0.717, 1.165) is 30.0 Å². The van der Waals surface area contributed by atoms with Crippen molar-refractivity contribution in [2.24, 2.45) is 0 Å². The standard InChI is InChI=1S/C18H20N2OS/c1-22-16-9-4-8-15(12-16)19-18(21)13-20-11-5-7-14-6-2-3-10-17(14)20/h2-4,6,8-10,12H,5,7,11,13H2,1H3,(H,19,21). The molecular weight excluding hydrogens is 292 g/mol. The van der Waals surface area contributed by atoms with E-state index >= 15 is 0 Å². The molecule has 0 bridgehead atoms. The molecule has 2 aromatic carbocycles. The fraction of sp³-hybridized carbons (Fsp3) is 0.278. The maximum absolute atomic E-state index is 12.3. The van der Waals surface area contributed by atoms with E-state index in [1.807, 2.05) is 36.6 Å². The Bertz CT molecular complexity index is 672. The molecule has 1 aliphatic heterocycles. The molecule has 114 valence electrons. The van der Waals surface area contributed by atoms with Gasteiger partial charge in [-0.25, -0.2) is 0 Å². The molecule has 0 saturated carbocycles. The number of aryl methyl sites for hydroxylation is 1. The predicted molar refractivity (Wildman–Crippen MR) is 93.8 cm³/mol. The Morgan fingerprint density at radius 1 is 1.23 bits per heavy atom. The van der Waals surface area contributed by atoms with Crippen LogP contribution >= 0.6 is 11.8 Å². The van der Waals surface area contributed by atoms with Gasteiger partial charge in [0, 0.05) is 22.8 Å². The third-order valence-electron chi connectivity index (χ3n) is 3.89. The normalized spacial score (nSPS) is 13.6. The second kappa shape index (κ2) is 6.88. The highest BCUT2D eigenvalue weighted by Gasteiger charge is 2.18. The van der Waals surface area contributed by atoms with Crippen molar-refractivity contribution in [3.8, 4) is 0 Å². The Labute approximate surface area is 135 Å². The summed E-state index contributed by atoms with van der Waals surface area (Å²) < 4.78 is 0. The topological polar surface area (TPSA) is 32.3 Å². The summed E-state index contributed by atoms with van der Waals surface area (Å²) in [5.41, 5.74) is 3.40. The first-order chi connectivity index (χ1) is 10.8. The largest absolute Gasteiger partial charge is 0.362 e. The van der Waals surface area contributed by atoms with Gasteiger partial charge in [0.2, 0.25) is 5.91 Å². The van der Waals surface area contributed by atoms with Gasteiger partial charge in [0.1, 0.15) is 0 Å². The van der Waals surface area contributed by atoms with Crippen molar-refractivity contribution in [3.63, 3.8) is 0 Å². The van der Waals surface area contributed by atoms with Crippen LogP contribution in [-0.2, 0) is 11.2 Å². The minimum atomic E-state index is 0.0370. The van der Waals surface area contributed by atoms with Crippen LogP contribution in [0.5, 0.6) is 0 Å². The molecule has 0 fully saturated rings. The zero-order valence-electron chi connectivity index (χ0n) is 12.7. The number of rotatable bonds is 4. The van der Waals surface area contributed by atoms with Gasteiger partial charge in [-0.1, -0.05) is 24.3 Å². The summed E-state index contributed by atoms with van der Waals surface area (Å²) in [6.45, 7) is 1.34. The van der Waals surface area contributed by atoms with Crippen molar-refractivity contribution in [3.05, 3.63) is 54.1 Å². The van der Waals surface area contributed by atoms with E-state index in [0.29, 0.717) is 6.54 Å². The van der Waals surface area contributed by atoms with Crippen LogP contribution in [0, 0.1) is 0 Å². The summed E-state index contributed by atoms with van der Waals surface area (Å²) in [5, 5.41) is 3.00. The van der Waals surface area contributed by atoms with E-state index < -0.39 is 0 Å². The number of para-hydroxylation sites is 1. The van der Waals surface area contributed by atoms with Crippen molar-refractivity contribution in [2.75, 3.05) is 29.6 Å². The molecule has 0 spiro atoms. The molecule has 0 aromatic heterocycles. The van der Waals surface area contributed by atoms with Crippen LogP contribution in [0.3, 0.4) is 0 Å². The minimum Gasteiger partial charge on any atom is -0.362 e. The van der Waals surface area contributed by atoms with Gasteiger partial charge in [-0.15, -0.1) is 11.8 Å². The average Bonchev–Trinajstić information content (AvgIpc) is 2.55. The Morgan fingerprint density at radius 3 is 2.95 bits per heavy atom. The first-order valence-electron chi connectivity index (χ1n) is 7.53. The van der Waals surface area contributed by atoms with Gasteiger partial charge < -0.3 is 10.2 Å². The predicted octanol–water partition coefficient (Wildman–Crippen LogP) is 3.80. The lowest BCUT2D eigenvalue weighted by Crippen LogP contribution is -2.36. The van der Waals surface area contributed by atoms with E-state index in [1.54, 1.807) is 11.8 Å². The number of benzene rings is 2. The number of amides is 1. The highest BCUT2D eigenvalue weighted by molar-refractivity contribution is 7.98. The molecule has 1 amide bonds. The molecule has 3 nitrogen and oxygen atoms in total. The molecule has 0 atom stereocenters. The summed E-state index contributed by atoms with van der Waals surface area (Å²) in [7, 11) is 0. The number of nitrogens with zero attached hydrogens (tertiary/aromatic N) is 1. The van der Waals surface area contributed by atoms with Gasteiger partial charge in [-0.3, -0.25) is 4.79 Å². The number of fused-ring (bicyclic) bond motifs is 1. The maximum Gasteiger partial charge on any atom is 0.243 e. The lowest BCUT2D eigenvalue weighted by molar-refractivity contribution is -0.115. The first kappa shape index (κ1) is 15.0. The number of nitrogens with one attached hydrogen (secondary N) is 1. The summed E-state index contributed by atoms with van der Waals surface area (Å²) in [5.74, 6) is 0.0370. The van der Waals surface area contributed by atoms with Crippen molar-refractivity contribution < 1.29 is 4.79 Å². The molecule has 2 aromatic rings. The van der Waals surface area contributed by atoms with Crippen molar-refractivity contribution >= 4 is 29.0 Å². The lowest BCUT2D eigenvalue weighted by atomic mass is 10.0. The molecule has 0 unspecified atom stereocenters. The van der Waals surface area contributed by atoms with E-state index in [1.165, 1.54) is 11.3 Å². The summed E-state index contributed by atoms with van der Waals surface area (Å²) in [6.07, 6.45) is 4.24. The van der Waals surface area contributed by atoms with Crippen molar-refractivity contribution in [1.82, 2.24) is 0 Å². The Kier molecular flexibility index (Phi) is 4.68. The molecule has 22 heavy (non-hydrogen) atoms. The minimum absolute atomic E-state index is 0.0370. The zero-order valence-corrected chi connectivity index (χ0v) is 13.5. The van der Waals surface area contributed by atoms with Crippen LogP contribution in [0.2, 0.25) is 0 Å². The molecule has 3 rings (SSSR count). The number of hydrogen-bond donors (Lipinski definition) is 1. The second-order valence-corrected chi connectivity index (χ2v) is 6.31. The SMILES string of the molecule is CSc1cccc(NC(=O)CN2CCCc3ccccc32)c1. The Morgan fingerprint density at radius 2 is 2.09 bits per heavy atom. The van der Waals surface area contributed by atoms with Crippen LogP contribution in [0.1, 0.15) is 12.0 Å². The fourth-order valence-corrected chi connectivity index (χ4v) is 3.31. The molecule has 0 radical (unpaired) electrons. The third kappa shape index (κ3) is 3.45. The fourth-order valence-electron chi connectivity index (χ4n) is 2.85. The van der Waals surface area contributed by atoms with Gasteiger partial charge in [-0.05, 0) is 48.9 Å². The number of hydrogen-bond acceptors (Lipinski definition) is 3. The van der Waals surface area contributed by atoms with Crippen LogP contribution < -0.4 is 10.2 Å². The smallest absolute Gasteiger partial charge is 0.243 e. The molecule has 1 aliphatic rings. The molecular formula is C18H20N2OS. The number of carbonyl (C=O) groups excluding carboxylic acids is 1. The van der Waals surface area contributed by atoms with Crippen molar-refractivity contribution in [1.29, 1.82) is 0 Å². The first-order valence-corrected chi connectivity index (χ1v) is 8.75. The summed E-state index contributed by atoms with van der Waals surface area (Å²) in [4.78, 5) is 15.7. The molecule has 1 N–H and O–H groups in total. The van der Waals surface area contributed by atoms with Crippen LogP contribution in [0.15, 0.2) is 53.4 Å². The average molecular weight is 312 g/mol.